The molecule has 0 N–H and O–H groups in total. The molecule has 0 saturated heterocycles. The number of fused-ring (bicyclic) bond motifs is 1. The summed E-state index contributed by atoms with van der Waals surface area (Å²) < 4.78 is 3.02. The molecular formula is C11H10BrNO. The van der Waals surface area contributed by atoms with E-state index >= 15 is 0 Å². The fraction of sp³-hybridized carbons (Fsp3) is 0.182. The Kier molecular flexibility index (Phi) is 2.42. The Bertz CT molecular complexity index is 530. The number of benzene rings is 1. The smallest absolute Gasteiger partial charge is 0.189 e. The number of pyridine rings is 1. The third-order valence-electron chi connectivity index (χ3n) is 2.29. The number of para-hydroxylation sites is 1. The van der Waals surface area contributed by atoms with Crippen molar-refractivity contribution in [1.82, 2.24) is 4.57 Å². The van der Waals surface area contributed by atoms with E-state index in [0.29, 0.717) is 0 Å². The molecule has 0 aliphatic rings. The highest BCUT2D eigenvalue weighted by atomic mass is 79.9. The minimum absolute atomic E-state index is 0.0750. The van der Waals surface area contributed by atoms with Crippen LogP contribution in [0.4, 0.5) is 0 Å². The van der Waals surface area contributed by atoms with Gasteiger partial charge < -0.3 is 4.57 Å². The number of rotatable bonds is 1. The summed E-state index contributed by atoms with van der Waals surface area (Å²) in [5, 5.41) is 0.767. The van der Waals surface area contributed by atoms with Gasteiger partial charge in [0.1, 0.15) is 0 Å². The van der Waals surface area contributed by atoms with Crippen molar-refractivity contribution in [1.29, 1.82) is 0 Å². The van der Waals surface area contributed by atoms with E-state index in [1.54, 1.807) is 6.07 Å². The Morgan fingerprint density at radius 1 is 1.36 bits per heavy atom. The maximum atomic E-state index is 11.6. The molecule has 0 spiro atoms. The van der Waals surface area contributed by atoms with Crippen molar-refractivity contribution in [3.8, 4) is 0 Å². The van der Waals surface area contributed by atoms with Crippen LogP contribution in [0.15, 0.2) is 39.7 Å². The lowest BCUT2D eigenvalue weighted by Gasteiger charge is -2.08. The molecule has 0 saturated carbocycles. The number of aromatic nitrogens is 1. The van der Waals surface area contributed by atoms with Crippen LogP contribution in [0.2, 0.25) is 0 Å². The van der Waals surface area contributed by atoms with Gasteiger partial charge in [0, 0.05) is 28.7 Å². The largest absolute Gasteiger partial charge is 0.347 e. The molecule has 72 valence electrons. The highest BCUT2D eigenvalue weighted by Crippen LogP contribution is 2.21. The second-order valence-corrected chi connectivity index (χ2v) is 3.96. The van der Waals surface area contributed by atoms with Crippen molar-refractivity contribution in [2.45, 2.75) is 13.5 Å². The van der Waals surface area contributed by atoms with E-state index in [0.717, 1.165) is 21.9 Å². The summed E-state index contributed by atoms with van der Waals surface area (Å²) in [7, 11) is 0. The molecule has 0 unspecified atom stereocenters. The lowest BCUT2D eigenvalue weighted by Crippen LogP contribution is -2.07. The van der Waals surface area contributed by atoms with Gasteiger partial charge >= 0.3 is 0 Å². The van der Waals surface area contributed by atoms with Crippen LogP contribution in [0.25, 0.3) is 10.9 Å². The third-order valence-corrected chi connectivity index (χ3v) is 2.93. The van der Waals surface area contributed by atoms with Gasteiger partial charge in [0.2, 0.25) is 0 Å². The van der Waals surface area contributed by atoms with E-state index in [-0.39, 0.29) is 5.43 Å². The fourth-order valence-corrected chi connectivity index (χ4v) is 2.19. The van der Waals surface area contributed by atoms with Crippen LogP contribution in [0.3, 0.4) is 0 Å². The number of halogens is 1. The van der Waals surface area contributed by atoms with Crippen LogP contribution >= 0.6 is 15.9 Å². The van der Waals surface area contributed by atoms with E-state index in [1.807, 2.05) is 24.4 Å². The SMILES string of the molecule is CCn1ccc(=O)c2cccc(Br)c21. The zero-order chi connectivity index (χ0) is 10.1. The summed E-state index contributed by atoms with van der Waals surface area (Å²) >= 11 is 3.46. The Morgan fingerprint density at radius 3 is 2.86 bits per heavy atom. The van der Waals surface area contributed by atoms with Crippen molar-refractivity contribution < 1.29 is 0 Å². The fourth-order valence-electron chi connectivity index (χ4n) is 1.59. The van der Waals surface area contributed by atoms with E-state index in [9.17, 15) is 4.79 Å². The van der Waals surface area contributed by atoms with Gasteiger partial charge in [0.25, 0.3) is 0 Å². The molecule has 0 aliphatic carbocycles. The molecule has 3 heteroatoms. The first-order valence-corrected chi connectivity index (χ1v) is 5.31. The number of aryl methyl sites for hydroxylation is 1. The van der Waals surface area contributed by atoms with Gasteiger partial charge in [-0.05, 0) is 35.0 Å². The van der Waals surface area contributed by atoms with E-state index in [1.165, 1.54) is 0 Å². The van der Waals surface area contributed by atoms with Crippen LogP contribution in [-0.4, -0.2) is 4.57 Å². The minimum atomic E-state index is 0.0750. The predicted molar refractivity (Wildman–Crippen MR) is 61.6 cm³/mol. The van der Waals surface area contributed by atoms with Crippen LogP contribution in [0.1, 0.15) is 6.92 Å². The monoisotopic (exact) mass is 251 g/mol. The van der Waals surface area contributed by atoms with Gasteiger partial charge in [-0.1, -0.05) is 6.07 Å². The number of hydrogen-bond acceptors (Lipinski definition) is 1. The Balaban J connectivity index is 3.00. The molecular weight excluding hydrogens is 242 g/mol. The van der Waals surface area contributed by atoms with Gasteiger partial charge in [0.05, 0.1) is 5.52 Å². The van der Waals surface area contributed by atoms with Crippen molar-refractivity contribution in [2.24, 2.45) is 0 Å². The van der Waals surface area contributed by atoms with Gasteiger partial charge in [-0.15, -0.1) is 0 Å². The second-order valence-electron chi connectivity index (χ2n) is 3.10. The maximum Gasteiger partial charge on any atom is 0.189 e. The molecule has 0 fully saturated rings. The third kappa shape index (κ3) is 1.38. The Hall–Kier alpha value is -1.09. The number of nitrogens with zero attached hydrogens (tertiary/aromatic N) is 1. The highest BCUT2D eigenvalue weighted by Gasteiger charge is 2.04. The Labute approximate surface area is 90.3 Å². The Morgan fingerprint density at radius 2 is 2.14 bits per heavy atom. The first kappa shape index (κ1) is 9.46. The molecule has 2 nitrogen and oxygen atoms in total. The zero-order valence-corrected chi connectivity index (χ0v) is 9.41. The molecule has 0 radical (unpaired) electrons. The normalized spacial score (nSPS) is 10.7. The van der Waals surface area contributed by atoms with Crippen LogP contribution in [0, 0.1) is 0 Å². The second kappa shape index (κ2) is 3.58. The first-order valence-electron chi connectivity index (χ1n) is 4.51. The van der Waals surface area contributed by atoms with Crippen LogP contribution in [0.5, 0.6) is 0 Å². The molecule has 2 aromatic rings. The van der Waals surface area contributed by atoms with E-state index in [4.69, 9.17) is 0 Å². The van der Waals surface area contributed by atoms with Crippen molar-refractivity contribution in [2.75, 3.05) is 0 Å². The van der Waals surface area contributed by atoms with Gasteiger partial charge in [-0.2, -0.15) is 0 Å². The van der Waals surface area contributed by atoms with Crippen molar-refractivity contribution >= 4 is 26.8 Å². The molecule has 1 aromatic heterocycles. The van der Waals surface area contributed by atoms with Crippen molar-refractivity contribution in [3.63, 3.8) is 0 Å². The summed E-state index contributed by atoms with van der Waals surface area (Å²) in [5.41, 5.74) is 1.05. The summed E-state index contributed by atoms with van der Waals surface area (Å²) in [5.74, 6) is 0. The first-order chi connectivity index (χ1) is 6.74. The van der Waals surface area contributed by atoms with Gasteiger partial charge in [0.15, 0.2) is 5.43 Å². The lowest BCUT2D eigenvalue weighted by atomic mass is 10.2. The van der Waals surface area contributed by atoms with E-state index < -0.39 is 0 Å². The average Bonchev–Trinajstić information content (AvgIpc) is 2.20. The average molecular weight is 252 g/mol. The van der Waals surface area contributed by atoms with Gasteiger partial charge in [-0.25, -0.2) is 0 Å². The van der Waals surface area contributed by atoms with Crippen LogP contribution in [-0.2, 0) is 6.54 Å². The quantitative estimate of drug-likeness (QED) is 0.764. The molecule has 0 aliphatic heterocycles. The predicted octanol–water partition coefficient (Wildman–Crippen LogP) is 2.78. The topological polar surface area (TPSA) is 22.0 Å². The molecule has 14 heavy (non-hydrogen) atoms. The van der Waals surface area contributed by atoms with E-state index in [2.05, 4.69) is 27.4 Å². The zero-order valence-electron chi connectivity index (χ0n) is 7.83. The molecule has 2 rings (SSSR count). The standard InChI is InChI=1S/C11H10BrNO/c1-2-13-7-6-10(14)8-4-3-5-9(12)11(8)13/h3-7H,2H2,1H3. The highest BCUT2D eigenvalue weighted by molar-refractivity contribution is 9.10. The van der Waals surface area contributed by atoms with Gasteiger partial charge in [-0.3, -0.25) is 4.79 Å². The molecule has 0 atom stereocenters. The summed E-state index contributed by atoms with van der Waals surface area (Å²) in [6.45, 7) is 2.92. The molecule has 1 aromatic carbocycles. The lowest BCUT2D eigenvalue weighted by molar-refractivity contribution is 0.786. The molecule has 0 bridgehead atoms. The summed E-state index contributed by atoms with van der Waals surface area (Å²) in [4.78, 5) is 11.6. The minimum Gasteiger partial charge on any atom is -0.347 e. The number of hydrogen-bond donors (Lipinski definition) is 0. The molecule has 0 amide bonds. The van der Waals surface area contributed by atoms with Crippen LogP contribution < -0.4 is 5.43 Å². The summed E-state index contributed by atoms with van der Waals surface area (Å²) in [6.07, 6.45) is 1.83. The van der Waals surface area contributed by atoms with Crippen molar-refractivity contribution in [3.05, 3.63) is 45.2 Å². The summed E-state index contributed by atoms with van der Waals surface area (Å²) in [6, 6.07) is 7.30. The molecule has 1 heterocycles. The maximum absolute atomic E-state index is 11.6.